The van der Waals surface area contributed by atoms with E-state index in [4.69, 9.17) is 0 Å². The molecule has 0 spiro atoms. The predicted octanol–water partition coefficient (Wildman–Crippen LogP) is 2.89. The third-order valence-corrected chi connectivity index (χ3v) is 3.79. The highest BCUT2D eigenvalue weighted by Crippen LogP contribution is 2.27. The SMILES string of the molecule is CCCCN1CC(CC)NCC1C(C)(C)C. The molecule has 96 valence electrons. The van der Waals surface area contributed by atoms with Crippen molar-refractivity contribution in [3.8, 4) is 0 Å². The number of piperazine rings is 1. The van der Waals surface area contributed by atoms with E-state index in [1.54, 1.807) is 0 Å². The Morgan fingerprint density at radius 1 is 1.25 bits per heavy atom. The maximum Gasteiger partial charge on any atom is 0.0269 e. The van der Waals surface area contributed by atoms with Crippen molar-refractivity contribution >= 4 is 0 Å². The molecule has 2 unspecified atom stereocenters. The Morgan fingerprint density at radius 2 is 1.94 bits per heavy atom. The van der Waals surface area contributed by atoms with Gasteiger partial charge in [0.1, 0.15) is 0 Å². The molecular formula is C14H30N2. The summed E-state index contributed by atoms with van der Waals surface area (Å²) in [5, 5.41) is 3.69. The van der Waals surface area contributed by atoms with Crippen LogP contribution in [0.15, 0.2) is 0 Å². The summed E-state index contributed by atoms with van der Waals surface area (Å²) in [6.45, 7) is 15.3. The van der Waals surface area contributed by atoms with E-state index < -0.39 is 0 Å². The van der Waals surface area contributed by atoms with Crippen LogP contribution >= 0.6 is 0 Å². The monoisotopic (exact) mass is 226 g/mol. The fourth-order valence-electron chi connectivity index (χ4n) is 2.62. The molecule has 1 heterocycles. The molecule has 2 heteroatoms. The van der Waals surface area contributed by atoms with E-state index in [0.717, 1.165) is 6.54 Å². The van der Waals surface area contributed by atoms with Gasteiger partial charge < -0.3 is 5.32 Å². The second-order valence-corrected chi connectivity index (χ2v) is 6.24. The number of rotatable bonds is 4. The van der Waals surface area contributed by atoms with Crippen molar-refractivity contribution in [2.75, 3.05) is 19.6 Å². The molecule has 0 aromatic rings. The van der Waals surface area contributed by atoms with Gasteiger partial charge in [0.2, 0.25) is 0 Å². The standard InChI is InChI=1S/C14H30N2/c1-6-8-9-16-11-12(7-2)15-10-13(16)14(3,4)5/h12-13,15H,6-11H2,1-5H3. The summed E-state index contributed by atoms with van der Waals surface area (Å²) in [5.74, 6) is 0. The van der Waals surface area contributed by atoms with Crippen LogP contribution in [0.4, 0.5) is 0 Å². The summed E-state index contributed by atoms with van der Waals surface area (Å²) in [6, 6.07) is 1.40. The molecule has 1 aliphatic rings. The van der Waals surface area contributed by atoms with Crippen LogP contribution in [0.3, 0.4) is 0 Å². The summed E-state index contributed by atoms with van der Waals surface area (Å²) >= 11 is 0. The molecule has 0 aromatic carbocycles. The van der Waals surface area contributed by atoms with E-state index >= 15 is 0 Å². The first-order valence-electron chi connectivity index (χ1n) is 6.96. The molecule has 0 bridgehead atoms. The van der Waals surface area contributed by atoms with Gasteiger partial charge in [0.05, 0.1) is 0 Å². The van der Waals surface area contributed by atoms with Gasteiger partial charge >= 0.3 is 0 Å². The maximum atomic E-state index is 3.69. The quantitative estimate of drug-likeness (QED) is 0.793. The van der Waals surface area contributed by atoms with Crippen LogP contribution < -0.4 is 5.32 Å². The van der Waals surface area contributed by atoms with Gasteiger partial charge in [-0.3, -0.25) is 4.90 Å². The minimum absolute atomic E-state index is 0.388. The number of nitrogens with zero attached hydrogens (tertiary/aromatic N) is 1. The fraction of sp³-hybridized carbons (Fsp3) is 1.00. The minimum atomic E-state index is 0.388. The summed E-state index contributed by atoms with van der Waals surface area (Å²) in [6.07, 6.45) is 3.89. The highest BCUT2D eigenvalue weighted by atomic mass is 15.2. The molecule has 0 radical (unpaired) electrons. The van der Waals surface area contributed by atoms with Crippen LogP contribution in [0.1, 0.15) is 53.9 Å². The smallest absolute Gasteiger partial charge is 0.0269 e. The van der Waals surface area contributed by atoms with E-state index in [2.05, 4.69) is 44.8 Å². The van der Waals surface area contributed by atoms with Gasteiger partial charge in [0.25, 0.3) is 0 Å². The van der Waals surface area contributed by atoms with Crippen molar-refractivity contribution in [2.24, 2.45) is 5.41 Å². The Balaban J connectivity index is 2.60. The molecule has 1 aliphatic heterocycles. The molecule has 1 saturated heterocycles. The number of hydrogen-bond donors (Lipinski definition) is 1. The van der Waals surface area contributed by atoms with Gasteiger partial charge in [0, 0.05) is 25.2 Å². The number of nitrogens with one attached hydrogen (secondary N) is 1. The van der Waals surface area contributed by atoms with E-state index in [1.165, 1.54) is 32.4 Å². The lowest BCUT2D eigenvalue weighted by atomic mass is 9.83. The summed E-state index contributed by atoms with van der Waals surface area (Å²) < 4.78 is 0. The Labute approximate surface area is 102 Å². The largest absolute Gasteiger partial charge is 0.311 e. The van der Waals surface area contributed by atoms with Gasteiger partial charge in [-0.15, -0.1) is 0 Å². The normalized spacial score (nSPS) is 28.3. The Kier molecular flexibility index (Phi) is 5.26. The average molecular weight is 226 g/mol. The second-order valence-electron chi connectivity index (χ2n) is 6.24. The molecule has 0 saturated carbocycles. The minimum Gasteiger partial charge on any atom is -0.311 e. The highest BCUT2D eigenvalue weighted by Gasteiger charge is 2.34. The number of hydrogen-bond acceptors (Lipinski definition) is 2. The molecule has 1 N–H and O–H groups in total. The van der Waals surface area contributed by atoms with Crippen molar-refractivity contribution < 1.29 is 0 Å². The molecular weight excluding hydrogens is 196 g/mol. The predicted molar refractivity (Wildman–Crippen MR) is 71.8 cm³/mol. The Bertz CT molecular complexity index is 195. The van der Waals surface area contributed by atoms with Crippen LogP contribution in [0.25, 0.3) is 0 Å². The van der Waals surface area contributed by atoms with E-state index in [9.17, 15) is 0 Å². The maximum absolute atomic E-state index is 3.69. The average Bonchev–Trinajstić information content (AvgIpc) is 2.24. The van der Waals surface area contributed by atoms with Gasteiger partial charge in [-0.2, -0.15) is 0 Å². The Morgan fingerprint density at radius 3 is 2.44 bits per heavy atom. The van der Waals surface area contributed by atoms with Gasteiger partial charge in [-0.25, -0.2) is 0 Å². The zero-order chi connectivity index (χ0) is 12.2. The lowest BCUT2D eigenvalue weighted by molar-refractivity contribution is 0.0539. The molecule has 16 heavy (non-hydrogen) atoms. The van der Waals surface area contributed by atoms with E-state index in [0.29, 0.717) is 17.5 Å². The lowest BCUT2D eigenvalue weighted by Gasteiger charge is -2.46. The first-order chi connectivity index (χ1) is 7.49. The van der Waals surface area contributed by atoms with Crippen molar-refractivity contribution in [1.82, 2.24) is 10.2 Å². The molecule has 1 rings (SSSR count). The van der Waals surface area contributed by atoms with Gasteiger partial charge in [-0.1, -0.05) is 41.0 Å². The molecule has 2 atom stereocenters. The first-order valence-corrected chi connectivity index (χ1v) is 6.96. The zero-order valence-electron chi connectivity index (χ0n) is 11.8. The van der Waals surface area contributed by atoms with Crippen molar-refractivity contribution in [3.63, 3.8) is 0 Å². The summed E-state index contributed by atoms with van der Waals surface area (Å²) in [4.78, 5) is 2.72. The third kappa shape index (κ3) is 3.74. The van der Waals surface area contributed by atoms with Crippen molar-refractivity contribution in [2.45, 2.75) is 66.0 Å². The van der Waals surface area contributed by atoms with Gasteiger partial charge in [0.15, 0.2) is 0 Å². The van der Waals surface area contributed by atoms with Crippen LogP contribution in [0.2, 0.25) is 0 Å². The van der Waals surface area contributed by atoms with Crippen LogP contribution in [0, 0.1) is 5.41 Å². The highest BCUT2D eigenvalue weighted by molar-refractivity contribution is 4.91. The van der Waals surface area contributed by atoms with Crippen LogP contribution in [0.5, 0.6) is 0 Å². The van der Waals surface area contributed by atoms with Crippen LogP contribution in [-0.2, 0) is 0 Å². The topological polar surface area (TPSA) is 15.3 Å². The third-order valence-electron chi connectivity index (χ3n) is 3.79. The zero-order valence-corrected chi connectivity index (χ0v) is 11.8. The Hall–Kier alpha value is -0.0800. The first kappa shape index (κ1) is 14.0. The molecule has 0 aliphatic carbocycles. The molecule has 0 amide bonds. The lowest BCUT2D eigenvalue weighted by Crippen LogP contribution is -2.60. The molecule has 0 aromatic heterocycles. The van der Waals surface area contributed by atoms with E-state index in [-0.39, 0.29) is 0 Å². The van der Waals surface area contributed by atoms with Gasteiger partial charge in [-0.05, 0) is 24.8 Å². The van der Waals surface area contributed by atoms with Crippen molar-refractivity contribution in [3.05, 3.63) is 0 Å². The fourth-order valence-corrected chi connectivity index (χ4v) is 2.62. The molecule has 2 nitrogen and oxygen atoms in total. The molecule has 1 fully saturated rings. The van der Waals surface area contributed by atoms with E-state index in [1.807, 2.05) is 0 Å². The second kappa shape index (κ2) is 6.02. The van der Waals surface area contributed by atoms with Crippen LogP contribution in [-0.4, -0.2) is 36.6 Å². The summed E-state index contributed by atoms with van der Waals surface area (Å²) in [7, 11) is 0. The van der Waals surface area contributed by atoms with Crippen molar-refractivity contribution in [1.29, 1.82) is 0 Å². The number of unbranched alkanes of at least 4 members (excludes halogenated alkanes) is 1. The summed E-state index contributed by atoms with van der Waals surface area (Å²) in [5.41, 5.74) is 0.388.